The summed E-state index contributed by atoms with van der Waals surface area (Å²) in [7, 11) is 0. The van der Waals surface area contributed by atoms with Crippen molar-refractivity contribution in [3.05, 3.63) is 18.2 Å². The summed E-state index contributed by atoms with van der Waals surface area (Å²) in [6.07, 6.45) is 8.18. The van der Waals surface area contributed by atoms with Gasteiger partial charge in [0.1, 0.15) is 0 Å². The first-order valence-electron chi connectivity index (χ1n) is 8.09. The van der Waals surface area contributed by atoms with E-state index in [1.807, 2.05) is 12.5 Å². The van der Waals surface area contributed by atoms with Crippen LogP contribution in [0.5, 0.6) is 0 Å². The van der Waals surface area contributed by atoms with E-state index in [9.17, 15) is 0 Å². The van der Waals surface area contributed by atoms with E-state index in [-0.39, 0.29) is 0 Å². The summed E-state index contributed by atoms with van der Waals surface area (Å²) in [6.45, 7) is 12.8. The lowest BCUT2D eigenvalue weighted by Crippen LogP contribution is -2.50. The van der Waals surface area contributed by atoms with Crippen LogP contribution in [0.1, 0.15) is 65.6 Å². The lowest BCUT2D eigenvalue weighted by molar-refractivity contribution is 0.107. The molecular weight excluding hydrogens is 246 g/mol. The molecule has 1 N–H and O–H groups in total. The maximum atomic E-state index is 4.31. The van der Waals surface area contributed by atoms with E-state index in [1.165, 1.54) is 25.0 Å². The molecule has 0 spiro atoms. The van der Waals surface area contributed by atoms with E-state index in [0.29, 0.717) is 22.9 Å². The Bertz CT molecular complexity index is 483. The van der Waals surface area contributed by atoms with Crippen molar-refractivity contribution in [1.82, 2.24) is 14.9 Å². The zero-order valence-corrected chi connectivity index (χ0v) is 13.6. The van der Waals surface area contributed by atoms with E-state index < -0.39 is 0 Å². The van der Waals surface area contributed by atoms with Crippen LogP contribution in [0.25, 0.3) is 0 Å². The number of nitrogens with zero attached hydrogens (tertiary/aromatic N) is 2. The molecule has 0 radical (unpaired) electrons. The first kappa shape index (κ1) is 14.1. The Morgan fingerprint density at radius 3 is 2.75 bits per heavy atom. The number of rotatable bonds is 4. The second kappa shape index (κ2) is 4.59. The van der Waals surface area contributed by atoms with E-state index in [2.05, 4.69) is 49.5 Å². The lowest BCUT2D eigenvalue weighted by atomic mass is 9.68. The monoisotopic (exact) mass is 275 g/mol. The standard InChI is InChI=1S/C17H29N3/c1-12(2)20-11-18-9-14(20)10-19-15-16(3,4)13-6-7-17(15,5)8-13/h9,11-13,15,19H,6-8,10H2,1-5H3. The van der Waals surface area contributed by atoms with Gasteiger partial charge in [-0.05, 0) is 49.9 Å². The third-order valence-corrected chi connectivity index (χ3v) is 6.06. The molecule has 1 heterocycles. The second-order valence-corrected chi connectivity index (χ2v) is 8.12. The molecule has 20 heavy (non-hydrogen) atoms. The van der Waals surface area contributed by atoms with Gasteiger partial charge in [-0.3, -0.25) is 0 Å². The van der Waals surface area contributed by atoms with Crippen LogP contribution in [-0.4, -0.2) is 15.6 Å². The topological polar surface area (TPSA) is 29.9 Å². The third-order valence-electron chi connectivity index (χ3n) is 6.06. The molecule has 0 aromatic carbocycles. The van der Waals surface area contributed by atoms with Gasteiger partial charge in [-0.1, -0.05) is 20.8 Å². The summed E-state index contributed by atoms with van der Waals surface area (Å²) in [5.41, 5.74) is 2.23. The van der Waals surface area contributed by atoms with Crippen LogP contribution in [-0.2, 0) is 6.54 Å². The fourth-order valence-corrected chi connectivity index (χ4v) is 4.95. The van der Waals surface area contributed by atoms with Crippen LogP contribution >= 0.6 is 0 Å². The smallest absolute Gasteiger partial charge is 0.0951 e. The SMILES string of the molecule is CC(C)n1cncc1CNC1C2(C)CCC(C2)C1(C)C. The highest BCUT2D eigenvalue weighted by Crippen LogP contribution is 2.62. The molecule has 0 aliphatic heterocycles. The van der Waals surface area contributed by atoms with Gasteiger partial charge in [0.25, 0.3) is 0 Å². The quantitative estimate of drug-likeness (QED) is 0.906. The van der Waals surface area contributed by atoms with Crippen molar-refractivity contribution in [2.24, 2.45) is 16.7 Å². The van der Waals surface area contributed by atoms with Gasteiger partial charge in [0.05, 0.1) is 12.0 Å². The maximum absolute atomic E-state index is 4.31. The van der Waals surface area contributed by atoms with Crippen molar-refractivity contribution in [3.8, 4) is 0 Å². The number of nitrogens with one attached hydrogen (secondary N) is 1. The van der Waals surface area contributed by atoms with Gasteiger partial charge in [-0.2, -0.15) is 0 Å². The Kier molecular flexibility index (Phi) is 3.24. The lowest BCUT2D eigenvalue weighted by Gasteiger charge is -2.43. The van der Waals surface area contributed by atoms with Crippen molar-refractivity contribution in [1.29, 1.82) is 0 Å². The Morgan fingerprint density at radius 2 is 2.15 bits per heavy atom. The van der Waals surface area contributed by atoms with Gasteiger partial charge in [0.15, 0.2) is 0 Å². The molecule has 2 fully saturated rings. The largest absolute Gasteiger partial charge is 0.331 e. The molecule has 0 saturated heterocycles. The Labute approximate surface area is 123 Å². The maximum Gasteiger partial charge on any atom is 0.0951 e. The predicted octanol–water partition coefficient (Wildman–Crippen LogP) is 3.77. The molecule has 1 aromatic rings. The van der Waals surface area contributed by atoms with Crippen LogP contribution in [0.15, 0.2) is 12.5 Å². The van der Waals surface area contributed by atoms with Gasteiger partial charge in [-0.25, -0.2) is 4.98 Å². The normalized spacial score (nSPS) is 35.1. The van der Waals surface area contributed by atoms with Gasteiger partial charge in [0, 0.05) is 24.8 Å². The zero-order valence-electron chi connectivity index (χ0n) is 13.6. The minimum atomic E-state index is 0.426. The molecule has 3 rings (SSSR count). The van der Waals surface area contributed by atoms with E-state index in [0.717, 1.165) is 12.5 Å². The average Bonchev–Trinajstić information content (AvgIpc) is 2.99. The van der Waals surface area contributed by atoms with Gasteiger partial charge < -0.3 is 9.88 Å². The average molecular weight is 275 g/mol. The third kappa shape index (κ3) is 2.02. The molecule has 3 atom stereocenters. The summed E-state index contributed by atoms with van der Waals surface area (Å²) in [5, 5.41) is 3.88. The van der Waals surface area contributed by atoms with Crippen LogP contribution < -0.4 is 5.32 Å². The van der Waals surface area contributed by atoms with Gasteiger partial charge in [-0.15, -0.1) is 0 Å². The van der Waals surface area contributed by atoms with E-state index in [1.54, 1.807) is 0 Å². The molecule has 2 saturated carbocycles. The molecule has 2 aliphatic rings. The molecule has 3 nitrogen and oxygen atoms in total. The summed E-state index contributed by atoms with van der Waals surface area (Å²) >= 11 is 0. The number of hydrogen-bond donors (Lipinski definition) is 1. The second-order valence-electron chi connectivity index (χ2n) is 8.12. The summed E-state index contributed by atoms with van der Waals surface area (Å²) in [4.78, 5) is 4.31. The molecule has 3 unspecified atom stereocenters. The minimum absolute atomic E-state index is 0.426. The molecule has 0 amide bonds. The highest BCUT2D eigenvalue weighted by atomic mass is 15.1. The first-order valence-corrected chi connectivity index (χ1v) is 8.09. The van der Waals surface area contributed by atoms with E-state index >= 15 is 0 Å². The van der Waals surface area contributed by atoms with Crippen molar-refractivity contribution in [2.75, 3.05) is 0 Å². The van der Waals surface area contributed by atoms with Gasteiger partial charge in [0.2, 0.25) is 0 Å². The van der Waals surface area contributed by atoms with E-state index in [4.69, 9.17) is 0 Å². The number of aromatic nitrogens is 2. The highest BCUT2D eigenvalue weighted by Gasteiger charge is 2.58. The molecule has 2 bridgehead atoms. The van der Waals surface area contributed by atoms with Crippen molar-refractivity contribution < 1.29 is 0 Å². The van der Waals surface area contributed by atoms with Gasteiger partial charge >= 0.3 is 0 Å². The van der Waals surface area contributed by atoms with Crippen LogP contribution in [0.4, 0.5) is 0 Å². The predicted molar refractivity (Wildman–Crippen MR) is 82.5 cm³/mol. The molecule has 3 heteroatoms. The van der Waals surface area contributed by atoms with Crippen LogP contribution in [0.2, 0.25) is 0 Å². The number of fused-ring (bicyclic) bond motifs is 2. The van der Waals surface area contributed by atoms with Crippen LogP contribution in [0, 0.1) is 16.7 Å². The minimum Gasteiger partial charge on any atom is -0.331 e. The molecular formula is C17H29N3. The molecule has 2 aliphatic carbocycles. The first-order chi connectivity index (χ1) is 9.34. The Morgan fingerprint density at radius 1 is 1.40 bits per heavy atom. The summed E-state index contributed by atoms with van der Waals surface area (Å²) in [6, 6.07) is 1.11. The highest BCUT2D eigenvalue weighted by molar-refractivity contribution is 5.13. The molecule has 112 valence electrons. The van der Waals surface area contributed by atoms with Crippen molar-refractivity contribution in [3.63, 3.8) is 0 Å². The number of hydrogen-bond acceptors (Lipinski definition) is 2. The van der Waals surface area contributed by atoms with Crippen LogP contribution in [0.3, 0.4) is 0 Å². The van der Waals surface area contributed by atoms with Crippen molar-refractivity contribution >= 4 is 0 Å². The fraction of sp³-hybridized carbons (Fsp3) is 0.824. The summed E-state index contributed by atoms with van der Waals surface area (Å²) in [5.74, 6) is 0.903. The summed E-state index contributed by atoms with van der Waals surface area (Å²) < 4.78 is 2.27. The Hall–Kier alpha value is -0.830. The fourth-order valence-electron chi connectivity index (χ4n) is 4.95. The Balaban J connectivity index is 1.74. The van der Waals surface area contributed by atoms with Crippen molar-refractivity contribution in [2.45, 2.75) is 72.5 Å². The zero-order chi connectivity index (χ0) is 14.5. The number of imidazole rings is 1. The molecule has 1 aromatic heterocycles.